The van der Waals surface area contributed by atoms with Gasteiger partial charge in [0.25, 0.3) is 0 Å². The first-order valence-corrected chi connectivity index (χ1v) is 8.45. The van der Waals surface area contributed by atoms with Crippen LogP contribution in [0.2, 0.25) is 0 Å². The van der Waals surface area contributed by atoms with Crippen molar-refractivity contribution in [3.63, 3.8) is 0 Å². The van der Waals surface area contributed by atoms with Gasteiger partial charge >= 0.3 is 0 Å². The molecule has 0 fully saturated rings. The molecule has 0 spiro atoms. The molecular formula is C20H24N2O2. The van der Waals surface area contributed by atoms with E-state index in [4.69, 9.17) is 9.84 Å². The van der Waals surface area contributed by atoms with Gasteiger partial charge in [-0.15, -0.1) is 0 Å². The Morgan fingerprint density at radius 2 is 1.88 bits per heavy atom. The lowest BCUT2D eigenvalue weighted by Crippen LogP contribution is -2.08. The van der Waals surface area contributed by atoms with Crippen LogP contribution in [0.5, 0.6) is 5.75 Å². The maximum absolute atomic E-state index is 9.15. The van der Waals surface area contributed by atoms with Crippen LogP contribution in [-0.4, -0.2) is 28.1 Å². The molecule has 3 rings (SSSR count). The van der Waals surface area contributed by atoms with E-state index in [1.165, 1.54) is 5.39 Å². The number of aryl methyl sites for hydroxylation is 2. The summed E-state index contributed by atoms with van der Waals surface area (Å²) in [5, 5.41) is 16.1. The summed E-state index contributed by atoms with van der Waals surface area (Å²) < 4.78 is 8.00. The lowest BCUT2D eigenvalue weighted by atomic mass is 10.1. The SMILES string of the molecule is Cc1nn(CCCOc2cccc3ccccc23)c(C)c1CCO. The summed E-state index contributed by atoms with van der Waals surface area (Å²) >= 11 is 0. The summed E-state index contributed by atoms with van der Waals surface area (Å²) in [6, 6.07) is 14.4. The largest absolute Gasteiger partial charge is 0.493 e. The average Bonchev–Trinajstić information content (AvgIpc) is 2.87. The van der Waals surface area contributed by atoms with Crippen molar-refractivity contribution in [2.75, 3.05) is 13.2 Å². The van der Waals surface area contributed by atoms with Gasteiger partial charge in [-0.3, -0.25) is 4.68 Å². The number of ether oxygens (including phenoxy) is 1. The second-order valence-corrected chi connectivity index (χ2v) is 6.03. The van der Waals surface area contributed by atoms with Crippen LogP contribution in [-0.2, 0) is 13.0 Å². The van der Waals surface area contributed by atoms with Crippen molar-refractivity contribution < 1.29 is 9.84 Å². The summed E-state index contributed by atoms with van der Waals surface area (Å²) in [7, 11) is 0. The molecule has 0 atom stereocenters. The number of nitrogens with zero attached hydrogens (tertiary/aromatic N) is 2. The molecule has 0 aliphatic heterocycles. The number of rotatable bonds is 7. The first-order chi connectivity index (χ1) is 11.7. The van der Waals surface area contributed by atoms with Gasteiger partial charge < -0.3 is 9.84 Å². The summed E-state index contributed by atoms with van der Waals surface area (Å²) in [6.45, 7) is 5.71. The van der Waals surface area contributed by atoms with E-state index < -0.39 is 0 Å². The van der Waals surface area contributed by atoms with Crippen molar-refractivity contribution in [3.8, 4) is 5.75 Å². The molecule has 0 unspecified atom stereocenters. The first kappa shape index (κ1) is 16.5. The first-order valence-electron chi connectivity index (χ1n) is 8.45. The van der Waals surface area contributed by atoms with Crippen LogP contribution in [0.4, 0.5) is 0 Å². The number of benzene rings is 2. The van der Waals surface area contributed by atoms with Crippen molar-refractivity contribution in [2.45, 2.75) is 33.2 Å². The highest BCUT2D eigenvalue weighted by molar-refractivity contribution is 5.88. The zero-order valence-corrected chi connectivity index (χ0v) is 14.3. The monoisotopic (exact) mass is 324 g/mol. The van der Waals surface area contributed by atoms with Crippen molar-refractivity contribution in [1.29, 1.82) is 0 Å². The van der Waals surface area contributed by atoms with E-state index in [9.17, 15) is 0 Å². The molecule has 1 N–H and O–H groups in total. The molecule has 0 aliphatic rings. The third-order valence-corrected chi connectivity index (χ3v) is 4.41. The summed E-state index contributed by atoms with van der Waals surface area (Å²) in [5.41, 5.74) is 3.32. The molecule has 0 amide bonds. The Bertz CT molecular complexity index is 818. The van der Waals surface area contributed by atoms with E-state index >= 15 is 0 Å². The summed E-state index contributed by atoms with van der Waals surface area (Å²) in [6.07, 6.45) is 1.56. The summed E-state index contributed by atoms with van der Waals surface area (Å²) in [5.74, 6) is 0.933. The van der Waals surface area contributed by atoms with Gasteiger partial charge in [-0.1, -0.05) is 36.4 Å². The molecule has 4 nitrogen and oxygen atoms in total. The zero-order valence-electron chi connectivity index (χ0n) is 14.3. The molecule has 4 heteroatoms. The topological polar surface area (TPSA) is 47.3 Å². The number of aliphatic hydroxyl groups is 1. The number of aromatic nitrogens is 2. The van der Waals surface area contributed by atoms with Crippen LogP contribution in [0.25, 0.3) is 10.8 Å². The minimum atomic E-state index is 0.164. The average molecular weight is 324 g/mol. The highest BCUT2D eigenvalue weighted by atomic mass is 16.5. The van der Waals surface area contributed by atoms with Crippen LogP contribution >= 0.6 is 0 Å². The second-order valence-electron chi connectivity index (χ2n) is 6.03. The standard InChI is InChI=1S/C20H24N2O2/c1-15-18(11-13-23)16(2)22(21-15)12-6-14-24-20-10-5-8-17-7-3-4-9-19(17)20/h3-5,7-10,23H,6,11-14H2,1-2H3. The van der Waals surface area contributed by atoms with E-state index in [0.29, 0.717) is 13.0 Å². The molecule has 1 aromatic heterocycles. The Labute approximate surface area is 142 Å². The van der Waals surface area contributed by atoms with Gasteiger partial charge in [0.1, 0.15) is 5.75 Å². The fourth-order valence-corrected chi connectivity index (χ4v) is 3.14. The highest BCUT2D eigenvalue weighted by Gasteiger charge is 2.10. The predicted octanol–water partition coefficient (Wildman–Crippen LogP) is 3.66. The van der Waals surface area contributed by atoms with Crippen LogP contribution in [0, 0.1) is 13.8 Å². The predicted molar refractivity (Wildman–Crippen MR) is 96.6 cm³/mol. The van der Waals surface area contributed by atoms with Gasteiger partial charge in [0, 0.05) is 30.7 Å². The highest BCUT2D eigenvalue weighted by Crippen LogP contribution is 2.25. The van der Waals surface area contributed by atoms with Gasteiger partial charge in [0.15, 0.2) is 0 Å². The third kappa shape index (κ3) is 3.44. The molecule has 0 radical (unpaired) electrons. The maximum Gasteiger partial charge on any atom is 0.127 e. The second kappa shape index (κ2) is 7.49. The van der Waals surface area contributed by atoms with Crippen LogP contribution in [0.1, 0.15) is 23.4 Å². The van der Waals surface area contributed by atoms with Gasteiger partial charge in [0.2, 0.25) is 0 Å². The molecule has 2 aromatic carbocycles. The number of aliphatic hydroxyl groups excluding tert-OH is 1. The fourth-order valence-electron chi connectivity index (χ4n) is 3.14. The Morgan fingerprint density at radius 1 is 1.08 bits per heavy atom. The molecule has 3 aromatic rings. The fraction of sp³-hybridized carbons (Fsp3) is 0.350. The lowest BCUT2D eigenvalue weighted by Gasteiger charge is -2.10. The molecule has 1 heterocycles. The van der Waals surface area contributed by atoms with Crippen molar-refractivity contribution >= 4 is 10.8 Å². The number of fused-ring (bicyclic) bond motifs is 1. The van der Waals surface area contributed by atoms with E-state index in [1.807, 2.05) is 35.9 Å². The van der Waals surface area contributed by atoms with E-state index in [0.717, 1.165) is 41.1 Å². The Kier molecular flexibility index (Phi) is 5.16. The Morgan fingerprint density at radius 3 is 2.71 bits per heavy atom. The molecule has 0 bridgehead atoms. The van der Waals surface area contributed by atoms with E-state index in [2.05, 4.69) is 30.2 Å². The minimum absolute atomic E-state index is 0.164. The molecule has 0 saturated heterocycles. The van der Waals surface area contributed by atoms with Crippen LogP contribution < -0.4 is 4.74 Å². The van der Waals surface area contributed by atoms with Crippen LogP contribution in [0.3, 0.4) is 0 Å². The number of hydrogen-bond acceptors (Lipinski definition) is 3. The Balaban J connectivity index is 1.60. The summed E-state index contributed by atoms with van der Waals surface area (Å²) in [4.78, 5) is 0. The number of hydrogen-bond donors (Lipinski definition) is 1. The molecule has 0 aliphatic carbocycles. The third-order valence-electron chi connectivity index (χ3n) is 4.41. The van der Waals surface area contributed by atoms with Gasteiger partial charge in [-0.25, -0.2) is 0 Å². The normalized spacial score (nSPS) is 11.1. The van der Waals surface area contributed by atoms with Crippen LogP contribution in [0.15, 0.2) is 42.5 Å². The minimum Gasteiger partial charge on any atom is -0.493 e. The smallest absolute Gasteiger partial charge is 0.127 e. The van der Waals surface area contributed by atoms with Crippen molar-refractivity contribution in [1.82, 2.24) is 9.78 Å². The van der Waals surface area contributed by atoms with Gasteiger partial charge in [0.05, 0.1) is 12.3 Å². The zero-order chi connectivity index (χ0) is 16.9. The molecule has 24 heavy (non-hydrogen) atoms. The molecule has 0 saturated carbocycles. The van der Waals surface area contributed by atoms with Crippen molar-refractivity contribution in [3.05, 3.63) is 59.4 Å². The maximum atomic E-state index is 9.15. The molecule has 126 valence electrons. The van der Waals surface area contributed by atoms with E-state index in [-0.39, 0.29) is 6.61 Å². The van der Waals surface area contributed by atoms with Crippen molar-refractivity contribution in [2.24, 2.45) is 0 Å². The molecular weight excluding hydrogens is 300 g/mol. The van der Waals surface area contributed by atoms with Gasteiger partial charge in [-0.2, -0.15) is 5.10 Å². The van der Waals surface area contributed by atoms with Gasteiger partial charge in [-0.05, 0) is 37.3 Å². The Hall–Kier alpha value is -2.33. The quantitative estimate of drug-likeness (QED) is 0.675. The lowest BCUT2D eigenvalue weighted by molar-refractivity contribution is 0.298. The van der Waals surface area contributed by atoms with E-state index in [1.54, 1.807) is 0 Å².